The maximum Gasteiger partial charge on any atom is 0.191 e. The normalized spacial score (nSPS) is 11.6. The van der Waals surface area contributed by atoms with Crippen molar-refractivity contribution in [3.05, 3.63) is 84.3 Å². The molecule has 0 aliphatic carbocycles. The third-order valence-corrected chi connectivity index (χ3v) is 5.27. The summed E-state index contributed by atoms with van der Waals surface area (Å²) in [6.45, 7) is 4.51. The van der Waals surface area contributed by atoms with Gasteiger partial charge in [0.25, 0.3) is 0 Å². The predicted molar refractivity (Wildman–Crippen MR) is 127 cm³/mol. The van der Waals surface area contributed by atoms with Crippen molar-refractivity contribution >= 4 is 17.0 Å². The zero-order chi connectivity index (χ0) is 21.5. The lowest BCUT2D eigenvalue weighted by molar-refractivity contribution is 0.624. The highest BCUT2D eigenvalue weighted by Gasteiger charge is 2.06. The highest BCUT2D eigenvalue weighted by Crippen LogP contribution is 2.18. The van der Waals surface area contributed by atoms with Gasteiger partial charge in [-0.05, 0) is 49.2 Å². The first-order valence-electron chi connectivity index (χ1n) is 10.6. The average Bonchev–Trinajstić information content (AvgIpc) is 3.14. The first-order chi connectivity index (χ1) is 15.2. The van der Waals surface area contributed by atoms with Crippen LogP contribution in [0.2, 0.25) is 0 Å². The summed E-state index contributed by atoms with van der Waals surface area (Å²) in [5.41, 5.74) is 5.53. The lowest BCUT2D eigenvalue weighted by atomic mass is 10.1. The fourth-order valence-electron chi connectivity index (χ4n) is 3.70. The summed E-state index contributed by atoms with van der Waals surface area (Å²) in [4.78, 5) is 13.4. The maximum atomic E-state index is 4.64. The number of fused-ring (bicyclic) bond motifs is 1. The maximum absolute atomic E-state index is 4.64. The lowest BCUT2D eigenvalue weighted by Crippen LogP contribution is -2.37. The summed E-state index contributed by atoms with van der Waals surface area (Å²) >= 11 is 0. The van der Waals surface area contributed by atoms with Gasteiger partial charge in [-0.2, -0.15) is 0 Å². The number of aryl methyl sites for hydroxylation is 2. The Balaban J connectivity index is 1.28. The van der Waals surface area contributed by atoms with Gasteiger partial charge in [0.05, 0.1) is 16.7 Å². The molecule has 6 heteroatoms. The topological polar surface area (TPSA) is 67.1 Å². The highest BCUT2D eigenvalue weighted by molar-refractivity contribution is 5.79. The van der Waals surface area contributed by atoms with E-state index in [-0.39, 0.29) is 0 Å². The quantitative estimate of drug-likeness (QED) is 0.272. The Labute approximate surface area is 183 Å². The number of pyridine rings is 1. The zero-order valence-corrected chi connectivity index (χ0v) is 18.0. The van der Waals surface area contributed by atoms with Gasteiger partial charge >= 0.3 is 0 Å². The van der Waals surface area contributed by atoms with Crippen molar-refractivity contribution in [2.45, 2.75) is 26.4 Å². The minimum absolute atomic E-state index is 0.700. The van der Waals surface area contributed by atoms with Crippen LogP contribution in [-0.2, 0) is 13.1 Å². The standard InChI is InChI=1S/C25H28N6/c1-19-30-23-12-3-4-13-24(23)31(19)16-8-15-28-25(26-2)29-18-20-9-7-10-21(17-20)22-11-5-6-14-27-22/h3-7,9-14,17H,8,15-16,18H2,1-2H3,(H2,26,28,29). The molecule has 2 heterocycles. The number of guanidine groups is 1. The molecule has 4 rings (SSSR count). The number of rotatable bonds is 7. The van der Waals surface area contributed by atoms with Crippen molar-refractivity contribution in [2.75, 3.05) is 13.6 Å². The molecule has 0 bridgehead atoms. The molecule has 0 aliphatic heterocycles. The van der Waals surface area contributed by atoms with Crippen LogP contribution in [0.5, 0.6) is 0 Å². The van der Waals surface area contributed by atoms with Gasteiger partial charge in [-0.15, -0.1) is 0 Å². The van der Waals surface area contributed by atoms with Crippen molar-refractivity contribution < 1.29 is 0 Å². The molecule has 0 spiro atoms. The molecular formula is C25H28N6. The van der Waals surface area contributed by atoms with Crippen LogP contribution in [0.3, 0.4) is 0 Å². The summed E-state index contributed by atoms with van der Waals surface area (Å²) < 4.78 is 2.27. The van der Waals surface area contributed by atoms with Crippen LogP contribution in [0.4, 0.5) is 0 Å². The average molecular weight is 413 g/mol. The molecule has 0 saturated heterocycles. The molecule has 0 aliphatic rings. The minimum atomic E-state index is 0.700. The molecule has 6 nitrogen and oxygen atoms in total. The van der Waals surface area contributed by atoms with Crippen molar-refractivity contribution in [3.8, 4) is 11.3 Å². The van der Waals surface area contributed by atoms with Crippen LogP contribution < -0.4 is 10.6 Å². The summed E-state index contributed by atoms with van der Waals surface area (Å²) in [5, 5.41) is 6.81. The van der Waals surface area contributed by atoms with E-state index < -0.39 is 0 Å². The van der Waals surface area contributed by atoms with Gasteiger partial charge in [0.2, 0.25) is 0 Å². The van der Waals surface area contributed by atoms with Crippen molar-refractivity contribution in [1.82, 2.24) is 25.2 Å². The molecule has 0 radical (unpaired) electrons. The van der Waals surface area contributed by atoms with Crippen molar-refractivity contribution in [3.63, 3.8) is 0 Å². The second kappa shape index (κ2) is 9.89. The fraction of sp³-hybridized carbons (Fsp3) is 0.240. The third-order valence-electron chi connectivity index (χ3n) is 5.27. The molecule has 4 aromatic rings. The van der Waals surface area contributed by atoms with Crippen LogP contribution in [0.25, 0.3) is 22.3 Å². The Bertz CT molecular complexity index is 1160. The largest absolute Gasteiger partial charge is 0.356 e. The molecule has 2 aromatic carbocycles. The van der Waals surface area contributed by atoms with Crippen LogP contribution in [0, 0.1) is 6.92 Å². The van der Waals surface area contributed by atoms with Gasteiger partial charge in [0.15, 0.2) is 5.96 Å². The van der Waals surface area contributed by atoms with E-state index in [0.717, 1.165) is 48.1 Å². The van der Waals surface area contributed by atoms with E-state index in [1.807, 2.05) is 30.5 Å². The Kier molecular flexibility index (Phi) is 6.57. The van der Waals surface area contributed by atoms with E-state index in [4.69, 9.17) is 0 Å². The third kappa shape index (κ3) is 5.09. The zero-order valence-electron chi connectivity index (χ0n) is 18.0. The van der Waals surface area contributed by atoms with Crippen molar-refractivity contribution in [1.29, 1.82) is 0 Å². The van der Waals surface area contributed by atoms with Gasteiger partial charge in [0, 0.05) is 38.4 Å². The number of benzene rings is 2. The Morgan fingerprint density at radius 2 is 1.87 bits per heavy atom. The van der Waals surface area contributed by atoms with Crippen LogP contribution in [-0.4, -0.2) is 34.1 Å². The molecule has 0 amide bonds. The number of hydrogen-bond acceptors (Lipinski definition) is 3. The number of nitrogens with zero attached hydrogens (tertiary/aromatic N) is 4. The Morgan fingerprint density at radius 1 is 1.00 bits per heavy atom. The molecule has 0 saturated carbocycles. The smallest absolute Gasteiger partial charge is 0.191 e. The molecule has 0 unspecified atom stereocenters. The van der Waals surface area contributed by atoms with Gasteiger partial charge in [-0.1, -0.05) is 36.4 Å². The number of aromatic nitrogens is 3. The second-order valence-corrected chi connectivity index (χ2v) is 7.42. The number of para-hydroxylation sites is 2. The first-order valence-corrected chi connectivity index (χ1v) is 10.6. The van der Waals surface area contributed by atoms with Gasteiger partial charge < -0.3 is 15.2 Å². The highest BCUT2D eigenvalue weighted by atomic mass is 15.2. The number of aliphatic imine (C=N–C) groups is 1. The molecular weight excluding hydrogens is 384 g/mol. The first kappa shape index (κ1) is 20.6. The predicted octanol–water partition coefficient (Wildman–Crippen LogP) is 4.16. The number of nitrogens with one attached hydrogen (secondary N) is 2. The molecule has 31 heavy (non-hydrogen) atoms. The van der Waals surface area contributed by atoms with E-state index >= 15 is 0 Å². The summed E-state index contributed by atoms with van der Waals surface area (Å²) in [6.07, 6.45) is 2.80. The SMILES string of the molecule is CN=C(NCCCn1c(C)nc2ccccc21)NCc1cccc(-c2ccccn2)c1. The summed E-state index contributed by atoms with van der Waals surface area (Å²) in [5.74, 6) is 1.85. The van der Waals surface area contributed by atoms with Gasteiger partial charge in [-0.25, -0.2) is 4.98 Å². The molecule has 0 atom stereocenters. The molecule has 2 aromatic heterocycles. The van der Waals surface area contributed by atoms with E-state index in [1.54, 1.807) is 7.05 Å². The molecule has 158 valence electrons. The summed E-state index contributed by atoms with van der Waals surface area (Å²) in [7, 11) is 1.80. The minimum Gasteiger partial charge on any atom is -0.356 e. The Hall–Kier alpha value is -3.67. The van der Waals surface area contributed by atoms with Crippen molar-refractivity contribution in [2.24, 2.45) is 4.99 Å². The fourth-order valence-corrected chi connectivity index (χ4v) is 3.70. The van der Waals surface area contributed by atoms with Gasteiger partial charge in [-0.3, -0.25) is 9.98 Å². The molecule has 2 N–H and O–H groups in total. The molecule has 0 fully saturated rings. The monoisotopic (exact) mass is 412 g/mol. The second-order valence-electron chi connectivity index (χ2n) is 7.42. The van der Waals surface area contributed by atoms with Crippen LogP contribution in [0.15, 0.2) is 77.9 Å². The van der Waals surface area contributed by atoms with Gasteiger partial charge in [0.1, 0.15) is 5.82 Å². The lowest BCUT2D eigenvalue weighted by Gasteiger charge is -2.13. The van der Waals surface area contributed by atoms with E-state index in [2.05, 4.69) is 79.5 Å². The van der Waals surface area contributed by atoms with E-state index in [9.17, 15) is 0 Å². The van der Waals surface area contributed by atoms with Crippen LogP contribution in [0.1, 0.15) is 17.8 Å². The number of hydrogen-bond donors (Lipinski definition) is 2. The number of imidazole rings is 1. The van der Waals surface area contributed by atoms with E-state index in [1.165, 1.54) is 11.1 Å². The van der Waals surface area contributed by atoms with E-state index in [0.29, 0.717) is 6.54 Å². The van der Waals surface area contributed by atoms with Crippen LogP contribution >= 0.6 is 0 Å². The summed E-state index contributed by atoms with van der Waals surface area (Å²) in [6, 6.07) is 22.7. The Morgan fingerprint density at radius 3 is 2.71 bits per heavy atom.